The number of carbonyl (C=O) groups excluding carboxylic acids is 7. The summed E-state index contributed by atoms with van der Waals surface area (Å²) in [5, 5.41) is 22.9. The van der Waals surface area contributed by atoms with E-state index in [0.29, 0.717) is 5.56 Å². The van der Waals surface area contributed by atoms with Gasteiger partial charge in [-0.1, -0.05) is 24.3 Å². The van der Waals surface area contributed by atoms with Crippen LogP contribution >= 0.6 is 0 Å². The van der Waals surface area contributed by atoms with E-state index < -0.39 is 81.9 Å². The highest BCUT2D eigenvalue weighted by Gasteiger charge is 2.69. The molecule has 0 bridgehead atoms. The minimum Gasteiger partial charge on any atom is -0.507 e. The van der Waals surface area contributed by atoms with Crippen LogP contribution in [0.25, 0.3) is 0 Å². The maximum atomic E-state index is 13.9. The summed E-state index contributed by atoms with van der Waals surface area (Å²) >= 11 is 0. The summed E-state index contributed by atoms with van der Waals surface area (Å²) in [6, 6.07) is 8.17. The van der Waals surface area contributed by atoms with E-state index in [1.807, 2.05) is 0 Å². The highest BCUT2D eigenvalue weighted by molar-refractivity contribution is 6.32. The van der Waals surface area contributed by atoms with Crippen LogP contribution < -0.4 is 5.73 Å². The second-order valence-electron chi connectivity index (χ2n) is 11.6. The fourth-order valence-electron chi connectivity index (χ4n) is 7.30. The number of nitrogens with zero attached hydrogens (tertiary/aromatic N) is 2. The lowest BCUT2D eigenvalue weighted by molar-refractivity contribution is -0.181. The first-order valence-corrected chi connectivity index (χ1v) is 13.4. The summed E-state index contributed by atoms with van der Waals surface area (Å²) in [7, 11) is 3.03. The number of rotatable bonds is 4. The molecule has 12 heteroatoms. The summed E-state index contributed by atoms with van der Waals surface area (Å²) in [6.45, 7) is -0.335. The third-order valence-electron chi connectivity index (χ3n) is 9.22. The van der Waals surface area contributed by atoms with Gasteiger partial charge in [0.05, 0.1) is 35.2 Å². The van der Waals surface area contributed by atoms with Gasteiger partial charge in [0, 0.05) is 11.5 Å². The minimum absolute atomic E-state index is 0.0541. The predicted molar refractivity (Wildman–Crippen MR) is 142 cm³/mol. The molecule has 2 fully saturated rings. The zero-order valence-corrected chi connectivity index (χ0v) is 22.7. The standard InChI is InChI=1S/C30H27N3O9/c1-32(2)21-17-10-14-9-12-7-8-13(11-33-28(40)15-5-3-4-6-16(15)29(33)41)22(34)18(12)23(35)19(14)25(37)30(17,42)26(38)20(24(21)36)27(31)39/h3-8,14,17,19-21,34,42H,9-11H2,1-2H3,(H2,31,39). The van der Waals surface area contributed by atoms with Crippen molar-refractivity contribution in [3.8, 4) is 5.75 Å². The Balaban J connectivity index is 1.37. The van der Waals surface area contributed by atoms with Crippen LogP contribution in [0.2, 0.25) is 0 Å². The molecule has 4 N–H and O–H groups in total. The van der Waals surface area contributed by atoms with E-state index >= 15 is 0 Å². The number of likely N-dealkylation sites (N-methyl/N-ethyl adjacent to an activating group) is 1. The van der Waals surface area contributed by atoms with E-state index in [-0.39, 0.29) is 41.6 Å². The van der Waals surface area contributed by atoms with E-state index in [9.17, 15) is 43.8 Å². The van der Waals surface area contributed by atoms with Gasteiger partial charge in [-0.3, -0.25) is 43.4 Å². The van der Waals surface area contributed by atoms with Gasteiger partial charge in [0.15, 0.2) is 34.7 Å². The fraction of sp³-hybridized carbons (Fsp3) is 0.367. The number of amides is 3. The van der Waals surface area contributed by atoms with Gasteiger partial charge in [-0.2, -0.15) is 0 Å². The lowest BCUT2D eigenvalue weighted by atomic mass is 9.52. The molecule has 1 heterocycles. The maximum absolute atomic E-state index is 13.9. The highest BCUT2D eigenvalue weighted by atomic mass is 16.3. The minimum atomic E-state index is -2.82. The third-order valence-corrected chi connectivity index (χ3v) is 9.22. The Morgan fingerprint density at radius 2 is 1.62 bits per heavy atom. The number of phenols is 1. The molecule has 2 saturated carbocycles. The molecular weight excluding hydrogens is 546 g/mol. The highest BCUT2D eigenvalue weighted by Crippen LogP contribution is 2.51. The monoisotopic (exact) mass is 573 g/mol. The van der Waals surface area contributed by atoms with Crippen molar-refractivity contribution >= 4 is 40.9 Å². The van der Waals surface area contributed by atoms with E-state index in [1.54, 1.807) is 18.2 Å². The molecule has 4 aliphatic rings. The van der Waals surface area contributed by atoms with Crippen molar-refractivity contribution in [2.45, 2.75) is 31.0 Å². The van der Waals surface area contributed by atoms with Crippen LogP contribution in [0.4, 0.5) is 0 Å². The first-order chi connectivity index (χ1) is 19.8. The molecule has 1 aliphatic heterocycles. The van der Waals surface area contributed by atoms with E-state index in [0.717, 1.165) is 4.90 Å². The number of ketones is 4. The number of phenolic OH excluding ortho intramolecular Hbond substituents is 1. The van der Waals surface area contributed by atoms with Gasteiger partial charge >= 0.3 is 0 Å². The van der Waals surface area contributed by atoms with Crippen molar-refractivity contribution in [2.24, 2.45) is 29.4 Å². The smallest absolute Gasteiger partial charge is 0.261 e. The number of imide groups is 1. The van der Waals surface area contributed by atoms with Crippen molar-refractivity contribution in [1.29, 1.82) is 0 Å². The van der Waals surface area contributed by atoms with Gasteiger partial charge in [0.1, 0.15) is 5.75 Å². The summed E-state index contributed by atoms with van der Waals surface area (Å²) in [4.78, 5) is 94.5. The van der Waals surface area contributed by atoms with E-state index in [1.165, 1.54) is 37.2 Å². The van der Waals surface area contributed by atoms with Crippen LogP contribution in [-0.4, -0.2) is 86.6 Å². The molecule has 0 spiro atoms. The average molecular weight is 574 g/mol. The number of aromatic hydroxyl groups is 1. The second-order valence-corrected chi connectivity index (χ2v) is 11.6. The number of primary amides is 1. The number of aliphatic hydroxyl groups is 1. The Morgan fingerprint density at radius 3 is 2.19 bits per heavy atom. The normalized spacial score (nSPS) is 30.3. The number of hydrogen-bond donors (Lipinski definition) is 3. The first kappa shape index (κ1) is 27.6. The number of benzene rings is 2. The van der Waals surface area contributed by atoms with Crippen molar-refractivity contribution in [1.82, 2.24) is 9.80 Å². The molecule has 3 amide bonds. The number of Topliss-reactive ketones (excluding diaryl/α,β-unsaturated/α-hetero) is 4. The van der Waals surface area contributed by atoms with Crippen LogP contribution in [0.3, 0.4) is 0 Å². The molecule has 0 aromatic heterocycles. The first-order valence-electron chi connectivity index (χ1n) is 13.4. The lowest BCUT2D eigenvalue weighted by Crippen LogP contribution is -2.74. The van der Waals surface area contributed by atoms with E-state index in [2.05, 4.69) is 0 Å². The number of nitrogens with two attached hydrogens (primary N) is 1. The van der Waals surface area contributed by atoms with Crippen LogP contribution in [0.15, 0.2) is 36.4 Å². The summed E-state index contributed by atoms with van der Waals surface area (Å²) in [6.07, 6.45) is 0.0636. The van der Waals surface area contributed by atoms with Crippen LogP contribution in [0, 0.1) is 23.7 Å². The lowest BCUT2D eigenvalue weighted by Gasteiger charge is -2.52. The zero-order chi connectivity index (χ0) is 30.4. The zero-order valence-electron chi connectivity index (χ0n) is 22.7. The number of fused-ring (bicyclic) bond motifs is 4. The largest absolute Gasteiger partial charge is 0.507 e. The Morgan fingerprint density at radius 1 is 1.00 bits per heavy atom. The van der Waals surface area contributed by atoms with Crippen molar-refractivity contribution in [3.05, 3.63) is 64.2 Å². The fourth-order valence-corrected chi connectivity index (χ4v) is 7.30. The van der Waals surface area contributed by atoms with Crippen molar-refractivity contribution in [3.63, 3.8) is 0 Å². The van der Waals surface area contributed by atoms with E-state index in [4.69, 9.17) is 5.73 Å². The Bertz CT molecular complexity index is 1630. The second kappa shape index (κ2) is 9.23. The maximum Gasteiger partial charge on any atom is 0.261 e. The quantitative estimate of drug-likeness (QED) is 0.322. The molecule has 2 aromatic carbocycles. The van der Waals surface area contributed by atoms with Crippen molar-refractivity contribution < 1.29 is 43.8 Å². The molecule has 6 unspecified atom stereocenters. The Hall–Kier alpha value is -4.55. The SMILES string of the molecule is CN(C)C1C(=O)C(C(N)=O)C(=O)C2(O)C(=O)C3C(=O)c4c(ccc(CN5C(=O)c6ccccc6C5=O)c4O)CC3CC12. The molecule has 6 rings (SSSR count). The Labute approximate surface area is 239 Å². The molecule has 0 saturated heterocycles. The van der Waals surface area contributed by atoms with Gasteiger partial charge in [-0.15, -0.1) is 0 Å². The van der Waals surface area contributed by atoms with Crippen molar-refractivity contribution in [2.75, 3.05) is 14.1 Å². The molecule has 6 atom stereocenters. The molecule has 42 heavy (non-hydrogen) atoms. The molecule has 12 nitrogen and oxygen atoms in total. The summed E-state index contributed by atoms with van der Waals surface area (Å²) < 4.78 is 0. The third kappa shape index (κ3) is 3.51. The van der Waals surface area contributed by atoms with Gasteiger partial charge in [-0.05, 0) is 50.6 Å². The molecule has 3 aliphatic carbocycles. The summed E-state index contributed by atoms with van der Waals surface area (Å²) in [5.74, 6) is -12.5. The molecule has 2 aromatic rings. The number of carbonyl (C=O) groups is 7. The van der Waals surface area contributed by atoms with Crippen LogP contribution in [0.1, 0.15) is 48.6 Å². The van der Waals surface area contributed by atoms with Gasteiger partial charge in [0.25, 0.3) is 11.8 Å². The molecule has 0 radical (unpaired) electrons. The van der Waals surface area contributed by atoms with Gasteiger partial charge in [-0.25, -0.2) is 0 Å². The number of hydrogen-bond acceptors (Lipinski definition) is 10. The van der Waals surface area contributed by atoms with Crippen LogP contribution in [0.5, 0.6) is 5.75 Å². The van der Waals surface area contributed by atoms with Gasteiger partial charge in [0.2, 0.25) is 5.91 Å². The molecule has 216 valence electrons. The Kier molecular flexibility index (Phi) is 6.07. The van der Waals surface area contributed by atoms with Crippen LogP contribution in [-0.2, 0) is 32.1 Å². The van der Waals surface area contributed by atoms with Gasteiger partial charge < -0.3 is 15.9 Å². The predicted octanol–water partition coefficient (Wildman–Crippen LogP) is -0.337. The topological polar surface area (TPSA) is 192 Å². The average Bonchev–Trinajstić information content (AvgIpc) is 3.16. The summed E-state index contributed by atoms with van der Waals surface area (Å²) in [5.41, 5.74) is 3.26. The molecular formula is C30H27N3O9.